The van der Waals surface area contributed by atoms with Crippen LogP contribution < -0.4 is 0 Å². The number of hydrogen-bond donors (Lipinski definition) is 1. The number of carboxylic acids is 1. The highest BCUT2D eigenvalue weighted by molar-refractivity contribution is 6.63. The lowest BCUT2D eigenvalue weighted by Crippen LogP contribution is -2.19. The zero-order valence-electron chi connectivity index (χ0n) is 31.1. The van der Waals surface area contributed by atoms with E-state index in [-0.39, 0.29) is 58.9 Å². The number of unbranched alkanes of at least 4 members (excludes halogenated alkanes) is 7. The van der Waals surface area contributed by atoms with Crippen LogP contribution in [0.4, 0.5) is 0 Å². The van der Waals surface area contributed by atoms with E-state index in [4.69, 9.17) is 21.4 Å². The van der Waals surface area contributed by atoms with Crippen molar-refractivity contribution >= 4 is 46.1 Å². The van der Waals surface area contributed by atoms with E-state index in [0.717, 1.165) is 83.5 Å². The monoisotopic (exact) mass is 710 g/mol. The number of carbonyl (C=O) groups excluding carboxylic acids is 5. The lowest BCUT2D eigenvalue weighted by Gasteiger charge is -2.17. The summed E-state index contributed by atoms with van der Waals surface area (Å²) in [5.41, 5.74) is 0. The van der Waals surface area contributed by atoms with Crippen LogP contribution in [0, 0.1) is 35.5 Å². The van der Waals surface area contributed by atoms with Crippen LogP contribution in [-0.2, 0) is 33.5 Å². The number of carboxylic acid groups (broad SMARTS) is 1. The van der Waals surface area contributed by atoms with E-state index in [9.17, 15) is 28.8 Å². The number of ketones is 3. The number of Topliss-reactive ketones (excluding diaryl/α,β-unsaturated/α-hetero) is 3. The third kappa shape index (κ3) is 18.6. The van der Waals surface area contributed by atoms with Crippen molar-refractivity contribution in [1.82, 2.24) is 0 Å². The molecular formula is C40H67ClO8. The van der Waals surface area contributed by atoms with Crippen molar-refractivity contribution in [2.45, 2.75) is 175 Å². The Labute approximate surface area is 301 Å². The van der Waals surface area contributed by atoms with Gasteiger partial charge < -0.3 is 9.84 Å². The molecule has 0 saturated heterocycles. The minimum atomic E-state index is -0.768. The van der Waals surface area contributed by atoms with Gasteiger partial charge in [0.05, 0.1) is 6.61 Å². The average Bonchev–Trinajstić information content (AvgIpc) is 3.70. The van der Waals surface area contributed by atoms with Crippen LogP contribution in [-0.4, -0.2) is 46.2 Å². The molecule has 3 saturated carbocycles. The molecule has 0 aromatic carbocycles. The molecule has 0 spiro atoms. The van der Waals surface area contributed by atoms with Crippen LogP contribution >= 0.6 is 11.6 Å². The minimum Gasteiger partial charge on any atom is -0.481 e. The van der Waals surface area contributed by atoms with E-state index < -0.39 is 5.97 Å². The Morgan fingerprint density at radius 2 is 0.959 bits per heavy atom. The van der Waals surface area contributed by atoms with Gasteiger partial charge in [-0.05, 0) is 74.3 Å². The number of aliphatic carboxylic acids is 1. The van der Waals surface area contributed by atoms with Crippen LogP contribution in [0.2, 0.25) is 0 Å². The second-order valence-electron chi connectivity index (χ2n) is 14.5. The Balaban J connectivity index is 0.000000371. The molecule has 3 fully saturated rings. The molecular weight excluding hydrogens is 644 g/mol. The number of carbonyl (C=O) groups is 6. The van der Waals surface area contributed by atoms with E-state index in [1.54, 1.807) is 0 Å². The summed E-state index contributed by atoms with van der Waals surface area (Å²) in [6, 6.07) is 0. The summed E-state index contributed by atoms with van der Waals surface area (Å²) < 4.78 is 5.20. The molecule has 9 heteroatoms. The number of ether oxygens (including phenoxy) is 1. The smallest absolute Gasteiger partial charge is 0.306 e. The van der Waals surface area contributed by atoms with Gasteiger partial charge in [0.25, 0.3) is 0 Å². The fraction of sp³-hybridized carbons (Fsp3) is 0.850. The molecule has 0 aromatic rings. The lowest BCUT2D eigenvalue weighted by atomic mass is 9.88. The predicted molar refractivity (Wildman–Crippen MR) is 194 cm³/mol. The fourth-order valence-corrected chi connectivity index (χ4v) is 7.93. The Hall–Kier alpha value is -2.09. The third-order valence-electron chi connectivity index (χ3n) is 10.6. The normalized spacial score (nSPS) is 24.6. The second kappa shape index (κ2) is 26.7. The quantitative estimate of drug-likeness (QED) is 0.0707. The Bertz CT molecular complexity index is 960. The molecule has 6 atom stereocenters. The van der Waals surface area contributed by atoms with Gasteiger partial charge in [-0.15, -0.1) is 0 Å². The SMILES string of the molecule is CCCCCC1C(=O)CCC1CC(=O)Cl.CCCCCC1C(=O)CCC1CC(=O)O.CCCCCC1C(=O)CCC1CC(=O)OCCCC. The summed E-state index contributed by atoms with van der Waals surface area (Å²) in [6.07, 6.45) is 20.4. The van der Waals surface area contributed by atoms with Crippen molar-refractivity contribution < 1.29 is 38.6 Å². The standard InChI is InChI=1S/C16H28O3.C12H19ClO2.C12H20O3/c1-3-5-7-8-14-13(9-10-15(14)17)12-16(18)19-11-6-4-2;1-2-3-4-5-10-9(8-12(13)15)6-7-11(10)14;1-2-3-4-5-10-9(8-12(14)15)6-7-11(10)13/h13-14H,3-12H2,1-2H3;9-10H,2-8H2,1H3;9-10H,2-8H2,1H3,(H,14,15). The average molecular weight is 711 g/mol. The van der Waals surface area contributed by atoms with Crippen LogP contribution in [0.1, 0.15) is 175 Å². The molecule has 1 N–H and O–H groups in total. The van der Waals surface area contributed by atoms with Crippen LogP contribution in [0.15, 0.2) is 0 Å². The van der Waals surface area contributed by atoms with Crippen LogP contribution in [0.5, 0.6) is 0 Å². The topological polar surface area (TPSA) is 132 Å². The molecule has 0 aromatic heterocycles. The van der Waals surface area contributed by atoms with Crippen molar-refractivity contribution in [3.05, 3.63) is 0 Å². The van der Waals surface area contributed by atoms with Crippen LogP contribution in [0.25, 0.3) is 0 Å². The summed E-state index contributed by atoms with van der Waals surface area (Å²) in [4.78, 5) is 68.2. The van der Waals surface area contributed by atoms with Gasteiger partial charge in [0.2, 0.25) is 5.24 Å². The Morgan fingerprint density at radius 1 is 0.592 bits per heavy atom. The molecule has 6 unspecified atom stereocenters. The fourth-order valence-electron chi connectivity index (χ4n) is 7.73. The van der Waals surface area contributed by atoms with Crippen molar-refractivity contribution in [1.29, 1.82) is 0 Å². The van der Waals surface area contributed by atoms with Gasteiger partial charge in [-0.1, -0.05) is 91.9 Å². The van der Waals surface area contributed by atoms with Crippen molar-refractivity contribution in [2.24, 2.45) is 35.5 Å². The lowest BCUT2D eigenvalue weighted by molar-refractivity contribution is -0.145. The predicted octanol–water partition coefficient (Wildman–Crippen LogP) is 9.85. The van der Waals surface area contributed by atoms with E-state index in [1.165, 1.54) is 25.7 Å². The second-order valence-corrected chi connectivity index (χ2v) is 15.0. The molecule has 3 aliphatic carbocycles. The van der Waals surface area contributed by atoms with E-state index in [0.29, 0.717) is 50.3 Å². The molecule has 49 heavy (non-hydrogen) atoms. The van der Waals surface area contributed by atoms with Gasteiger partial charge in [-0.2, -0.15) is 0 Å². The molecule has 0 heterocycles. The van der Waals surface area contributed by atoms with Gasteiger partial charge in [0.1, 0.15) is 17.3 Å². The molecule has 0 radical (unpaired) electrons. The molecule has 3 rings (SSSR count). The zero-order chi connectivity index (χ0) is 36.6. The molecule has 0 amide bonds. The minimum absolute atomic E-state index is 0.0349. The Morgan fingerprint density at radius 3 is 1.31 bits per heavy atom. The molecule has 0 aliphatic heterocycles. The summed E-state index contributed by atoms with van der Waals surface area (Å²) in [7, 11) is 0. The van der Waals surface area contributed by atoms with Crippen molar-refractivity contribution in [3.63, 3.8) is 0 Å². The van der Waals surface area contributed by atoms with Crippen LogP contribution in [0.3, 0.4) is 0 Å². The number of halogens is 1. The van der Waals surface area contributed by atoms with Gasteiger partial charge in [0, 0.05) is 56.3 Å². The first-order valence-corrected chi connectivity index (χ1v) is 20.0. The largest absolute Gasteiger partial charge is 0.481 e. The summed E-state index contributed by atoms with van der Waals surface area (Å²) in [5.74, 6) is 0.930. The van der Waals surface area contributed by atoms with E-state index in [1.807, 2.05) is 0 Å². The maximum atomic E-state index is 11.9. The van der Waals surface area contributed by atoms with Crippen molar-refractivity contribution in [3.8, 4) is 0 Å². The highest BCUT2D eigenvalue weighted by Crippen LogP contribution is 2.37. The first-order chi connectivity index (χ1) is 23.5. The summed E-state index contributed by atoms with van der Waals surface area (Å²) in [6.45, 7) is 9.05. The maximum Gasteiger partial charge on any atom is 0.306 e. The summed E-state index contributed by atoms with van der Waals surface area (Å²) >= 11 is 5.38. The zero-order valence-corrected chi connectivity index (χ0v) is 31.9. The van der Waals surface area contributed by atoms with Gasteiger partial charge in [-0.3, -0.25) is 28.8 Å². The highest BCUT2D eigenvalue weighted by atomic mass is 35.5. The van der Waals surface area contributed by atoms with Gasteiger partial charge in [0.15, 0.2) is 0 Å². The Kier molecular flexibility index (Phi) is 24.5. The third-order valence-corrected chi connectivity index (χ3v) is 10.8. The maximum absolute atomic E-state index is 11.9. The first kappa shape index (κ1) is 44.9. The van der Waals surface area contributed by atoms with Gasteiger partial charge >= 0.3 is 11.9 Å². The molecule has 282 valence electrons. The molecule has 3 aliphatic rings. The van der Waals surface area contributed by atoms with E-state index in [2.05, 4.69) is 27.7 Å². The number of esters is 1. The number of hydrogen-bond acceptors (Lipinski definition) is 7. The van der Waals surface area contributed by atoms with Crippen molar-refractivity contribution in [2.75, 3.05) is 6.61 Å². The summed E-state index contributed by atoms with van der Waals surface area (Å²) in [5, 5.41) is 8.44. The number of rotatable bonds is 21. The van der Waals surface area contributed by atoms with E-state index >= 15 is 0 Å². The van der Waals surface area contributed by atoms with Gasteiger partial charge in [-0.25, -0.2) is 0 Å². The highest BCUT2D eigenvalue weighted by Gasteiger charge is 2.37. The molecule has 8 nitrogen and oxygen atoms in total. The molecule has 0 bridgehead atoms. The first-order valence-electron chi connectivity index (χ1n) is 19.6.